The fourth-order valence-corrected chi connectivity index (χ4v) is 3.31. The Kier molecular flexibility index (Phi) is 9.42. The molecule has 2 rings (SSSR count). The SMILES string of the molecule is CCOCCOc1ccc(C(c2ccc(OCCOCC)cc2)(C(F)(F)F)C(F)(F)F)cc1. The lowest BCUT2D eigenvalue weighted by Gasteiger charge is -2.38. The summed E-state index contributed by atoms with van der Waals surface area (Å²) in [5, 5.41) is 0. The van der Waals surface area contributed by atoms with E-state index in [0.29, 0.717) is 13.2 Å². The van der Waals surface area contributed by atoms with Crippen LogP contribution in [0.4, 0.5) is 26.3 Å². The second-order valence-electron chi connectivity index (χ2n) is 6.89. The normalized spacial score (nSPS) is 12.6. The van der Waals surface area contributed by atoms with Gasteiger partial charge >= 0.3 is 12.4 Å². The van der Waals surface area contributed by atoms with Crippen molar-refractivity contribution in [2.24, 2.45) is 0 Å². The fraction of sp³-hybridized carbons (Fsp3) is 0.478. The average Bonchev–Trinajstić information content (AvgIpc) is 2.75. The third kappa shape index (κ3) is 6.32. The van der Waals surface area contributed by atoms with Crippen molar-refractivity contribution >= 4 is 0 Å². The van der Waals surface area contributed by atoms with E-state index in [2.05, 4.69) is 0 Å². The van der Waals surface area contributed by atoms with Gasteiger partial charge < -0.3 is 18.9 Å². The third-order valence-electron chi connectivity index (χ3n) is 4.83. The number of ether oxygens (including phenoxy) is 4. The van der Waals surface area contributed by atoms with Crippen LogP contribution in [-0.2, 0) is 14.9 Å². The van der Waals surface area contributed by atoms with Gasteiger partial charge in [0.2, 0.25) is 5.41 Å². The minimum atomic E-state index is -5.67. The Bertz CT molecular complexity index is 761. The topological polar surface area (TPSA) is 36.9 Å². The Labute approximate surface area is 188 Å². The molecule has 0 amide bonds. The molecule has 0 aliphatic carbocycles. The van der Waals surface area contributed by atoms with Crippen molar-refractivity contribution in [1.29, 1.82) is 0 Å². The lowest BCUT2D eigenvalue weighted by Crippen LogP contribution is -2.54. The van der Waals surface area contributed by atoms with Gasteiger partial charge in [-0.25, -0.2) is 0 Å². The first-order chi connectivity index (χ1) is 15.6. The number of alkyl halides is 6. The molecule has 0 atom stereocenters. The van der Waals surface area contributed by atoms with Gasteiger partial charge in [-0.1, -0.05) is 24.3 Å². The van der Waals surface area contributed by atoms with Crippen LogP contribution in [0.1, 0.15) is 25.0 Å². The van der Waals surface area contributed by atoms with Crippen LogP contribution in [0.15, 0.2) is 48.5 Å². The molecular weight excluding hydrogens is 454 g/mol. The summed E-state index contributed by atoms with van der Waals surface area (Å²) in [6.45, 7) is 5.18. The predicted octanol–water partition coefficient (Wildman–Crippen LogP) is 5.93. The van der Waals surface area contributed by atoms with Gasteiger partial charge in [-0.3, -0.25) is 0 Å². The van der Waals surface area contributed by atoms with Crippen LogP contribution in [0.25, 0.3) is 0 Å². The Hall–Kier alpha value is -2.46. The number of hydrogen-bond acceptors (Lipinski definition) is 4. The Balaban J connectivity index is 2.40. The van der Waals surface area contributed by atoms with Gasteiger partial charge in [0.05, 0.1) is 13.2 Å². The molecule has 33 heavy (non-hydrogen) atoms. The average molecular weight is 480 g/mol. The minimum Gasteiger partial charge on any atom is -0.491 e. The molecule has 0 N–H and O–H groups in total. The Morgan fingerprint density at radius 3 is 1.15 bits per heavy atom. The van der Waals surface area contributed by atoms with Gasteiger partial charge in [0, 0.05) is 13.2 Å². The first kappa shape index (κ1) is 26.8. The van der Waals surface area contributed by atoms with Crippen LogP contribution in [0.5, 0.6) is 11.5 Å². The fourth-order valence-electron chi connectivity index (χ4n) is 3.31. The van der Waals surface area contributed by atoms with E-state index in [1.54, 1.807) is 13.8 Å². The van der Waals surface area contributed by atoms with E-state index in [1.807, 2.05) is 0 Å². The van der Waals surface area contributed by atoms with Gasteiger partial charge in [0.15, 0.2) is 0 Å². The summed E-state index contributed by atoms with van der Waals surface area (Å²) in [6, 6.07) is 7.45. The third-order valence-corrected chi connectivity index (χ3v) is 4.83. The molecule has 0 fully saturated rings. The van der Waals surface area contributed by atoms with Crippen molar-refractivity contribution in [1.82, 2.24) is 0 Å². The van der Waals surface area contributed by atoms with Gasteiger partial charge in [0.1, 0.15) is 24.7 Å². The van der Waals surface area contributed by atoms with Crippen molar-refractivity contribution < 1.29 is 45.3 Å². The zero-order valence-electron chi connectivity index (χ0n) is 18.3. The Morgan fingerprint density at radius 2 is 0.879 bits per heavy atom. The summed E-state index contributed by atoms with van der Waals surface area (Å²) >= 11 is 0. The Morgan fingerprint density at radius 1 is 0.545 bits per heavy atom. The summed E-state index contributed by atoms with van der Waals surface area (Å²) in [6.07, 6.45) is -11.3. The molecule has 0 aromatic heterocycles. The van der Waals surface area contributed by atoms with E-state index >= 15 is 0 Å². The first-order valence-corrected chi connectivity index (χ1v) is 10.3. The molecule has 2 aromatic rings. The molecule has 10 heteroatoms. The highest BCUT2D eigenvalue weighted by atomic mass is 19.4. The molecule has 2 aromatic carbocycles. The maximum Gasteiger partial charge on any atom is 0.411 e. The molecule has 0 saturated heterocycles. The molecule has 0 spiro atoms. The van der Waals surface area contributed by atoms with Crippen LogP contribution in [0, 0.1) is 0 Å². The van der Waals surface area contributed by atoms with Crippen molar-refractivity contribution in [3.05, 3.63) is 59.7 Å². The highest BCUT2D eigenvalue weighted by Gasteiger charge is 2.72. The highest BCUT2D eigenvalue weighted by molar-refractivity contribution is 5.47. The lowest BCUT2D eigenvalue weighted by molar-refractivity contribution is -0.288. The first-order valence-electron chi connectivity index (χ1n) is 10.3. The summed E-state index contributed by atoms with van der Waals surface area (Å²) < 4.78 is 106. The summed E-state index contributed by atoms with van der Waals surface area (Å²) in [5.41, 5.74) is -6.16. The number of hydrogen-bond donors (Lipinski definition) is 0. The van der Waals surface area contributed by atoms with E-state index in [0.717, 1.165) is 48.5 Å². The molecule has 0 unspecified atom stereocenters. The zero-order chi connectivity index (χ0) is 24.5. The molecule has 0 radical (unpaired) electrons. The van der Waals surface area contributed by atoms with E-state index in [-0.39, 0.29) is 37.9 Å². The van der Waals surface area contributed by atoms with Gasteiger partial charge in [-0.2, -0.15) is 26.3 Å². The molecule has 4 nitrogen and oxygen atoms in total. The lowest BCUT2D eigenvalue weighted by atomic mass is 9.73. The molecule has 0 bridgehead atoms. The molecule has 0 heterocycles. The van der Waals surface area contributed by atoms with Crippen LogP contribution in [0.2, 0.25) is 0 Å². The summed E-state index contributed by atoms with van der Waals surface area (Å²) in [4.78, 5) is 0. The number of rotatable bonds is 12. The monoisotopic (exact) mass is 480 g/mol. The maximum absolute atomic E-state index is 14.2. The molecule has 0 saturated carbocycles. The predicted molar refractivity (Wildman–Crippen MR) is 110 cm³/mol. The van der Waals surface area contributed by atoms with Crippen LogP contribution < -0.4 is 9.47 Å². The van der Waals surface area contributed by atoms with Crippen molar-refractivity contribution in [3.8, 4) is 11.5 Å². The summed E-state index contributed by atoms with van der Waals surface area (Å²) in [7, 11) is 0. The van der Waals surface area contributed by atoms with Crippen LogP contribution >= 0.6 is 0 Å². The zero-order valence-corrected chi connectivity index (χ0v) is 18.3. The smallest absolute Gasteiger partial charge is 0.411 e. The number of benzene rings is 2. The highest BCUT2D eigenvalue weighted by Crippen LogP contribution is 2.56. The van der Waals surface area contributed by atoms with Crippen LogP contribution in [0.3, 0.4) is 0 Å². The van der Waals surface area contributed by atoms with Crippen molar-refractivity contribution in [2.45, 2.75) is 31.6 Å². The largest absolute Gasteiger partial charge is 0.491 e. The maximum atomic E-state index is 14.2. The molecule has 0 aliphatic rings. The molecular formula is C23H26F6O4. The van der Waals surface area contributed by atoms with Gasteiger partial charge in [-0.05, 0) is 49.2 Å². The van der Waals surface area contributed by atoms with Crippen LogP contribution in [-0.4, -0.2) is 52.0 Å². The molecule has 0 aliphatic heterocycles. The quantitative estimate of drug-likeness (QED) is 0.279. The number of halogens is 6. The van der Waals surface area contributed by atoms with Crippen molar-refractivity contribution in [3.63, 3.8) is 0 Å². The van der Waals surface area contributed by atoms with E-state index in [1.165, 1.54) is 0 Å². The van der Waals surface area contributed by atoms with E-state index in [9.17, 15) is 26.3 Å². The molecule has 184 valence electrons. The second-order valence-corrected chi connectivity index (χ2v) is 6.89. The van der Waals surface area contributed by atoms with E-state index in [4.69, 9.17) is 18.9 Å². The minimum absolute atomic E-state index is 0.113. The summed E-state index contributed by atoms with van der Waals surface area (Å²) in [5.74, 6) is 0.268. The van der Waals surface area contributed by atoms with E-state index < -0.39 is 28.9 Å². The second kappa shape index (κ2) is 11.6. The van der Waals surface area contributed by atoms with Crippen molar-refractivity contribution in [2.75, 3.05) is 39.6 Å². The standard InChI is InChI=1S/C23H26F6O4/c1-3-30-13-15-32-19-9-5-17(6-10-19)21(22(24,25)26,23(27,28)29)18-7-11-20(12-8-18)33-16-14-31-4-2/h5-12H,3-4,13-16H2,1-2H3. The van der Waals surface area contributed by atoms with Gasteiger partial charge in [0.25, 0.3) is 0 Å². The van der Waals surface area contributed by atoms with Gasteiger partial charge in [-0.15, -0.1) is 0 Å².